The molecule has 2 atom stereocenters. The summed E-state index contributed by atoms with van der Waals surface area (Å²) in [7, 11) is 0. The number of piperidine rings is 1. The predicted molar refractivity (Wildman–Crippen MR) is 95.6 cm³/mol. The highest BCUT2D eigenvalue weighted by molar-refractivity contribution is 5.79. The van der Waals surface area contributed by atoms with Gasteiger partial charge in [-0.15, -0.1) is 0 Å². The Kier molecular flexibility index (Phi) is 5.59. The van der Waals surface area contributed by atoms with E-state index in [1.165, 1.54) is 11.1 Å². The van der Waals surface area contributed by atoms with Crippen LogP contribution < -0.4 is 10.6 Å². The van der Waals surface area contributed by atoms with Crippen LogP contribution in [-0.2, 0) is 11.2 Å². The number of benzene rings is 1. The Morgan fingerprint density at radius 3 is 2.75 bits per heavy atom. The molecule has 1 aliphatic heterocycles. The predicted octanol–water partition coefficient (Wildman–Crippen LogP) is 2.85. The number of nitrogens with one attached hydrogen (secondary N) is 2. The molecule has 0 aliphatic carbocycles. The Hall–Kier alpha value is -2.20. The number of pyridine rings is 1. The van der Waals surface area contributed by atoms with Crippen LogP contribution in [0.4, 0.5) is 0 Å². The minimum atomic E-state index is 0.0489. The standard InChI is InChI=1S/C20H25N3O/c1-2-15-7-9-16(10-8-15)19(17-5-3-11-21-13-17)23-14-18-6-4-12-22-20(18)24/h3,5,7-11,13,18-19,23H,2,4,6,12,14H2,1H3,(H,22,24). The number of aromatic nitrogens is 1. The van der Waals surface area contributed by atoms with Gasteiger partial charge in [0.25, 0.3) is 0 Å². The summed E-state index contributed by atoms with van der Waals surface area (Å²) in [4.78, 5) is 16.3. The van der Waals surface area contributed by atoms with Gasteiger partial charge in [0.2, 0.25) is 5.91 Å². The number of aryl methyl sites for hydroxylation is 1. The van der Waals surface area contributed by atoms with Gasteiger partial charge in [0, 0.05) is 25.5 Å². The molecule has 0 radical (unpaired) electrons. The van der Waals surface area contributed by atoms with Gasteiger partial charge in [-0.3, -0.25) is 9.78 Å². The summed E-state index contributed by atoms with van der Waals surface area (Å²) in [5, 5.41) is 6.55. The molecule has 3 rings (SSSR count). The van der Waals surface area contributed by atoms with E-state index in [-0.39, 0.29) is 17.9 Å². The highest BCUT2D eigenvalue weighted by atomic mass is 16.1. The number of hydrogen-bond acceptors (Lipinski definition) is 3. The highest BCUT2D eigenvalue weighted by Crippen LogP contribution is 2.23. The molecule has 24 heavy (non-hydrogen) atoms. The van der Waals surface area contributed by atoms with E-state index in [0.29, 0.717) is 6.54 Å². The zero-order valence-electron chi connectivity index (χ0n) is 14.2. The van der Waals surface area contributed by atoms with E-state index in [9.17, 15) is 4.79 Å². The maximum absolute atomic E-state index is 12.0. The fourth-order valence-electron chi connectivity index (χ4n) is 3.21. The molecule has 2 aromatic rings. The molecule has 2 N–H and O–H groups in total. The first-order valence-corrected chi connectivity index (χ1v) is 8.77. The normalized spacial score (nSPS) is 18.9. The molecule has 1 aromatic carbocycles. The van der Waals surface area contributed by atoms with Gasteiger partial charge < -0.3 is 10.6 Å². The smallest absolute Gasteiger partial charge is 0.224 e. The van der Waals surface area contributed by atoms with Crippen molar-refractivity contribution in [2.75, 3.05) is 13.1 Å². The van der Waals surface area contributed by atoms with Crippen LogP contribution in [0.5, 0.6) is 0 Å². The van der Waals surface area contributed by atoms with Crippen LogP contribution in [0.3, 0.4) is 0 Å². The highest BCUT2D eigenvalue weighted by Gasteiger charge is 2.23. The Balaban J connectivity index is 1.78. The van der Waals surface area contributed by atoms with Crippen molar-refractivity contribution < 1.29 is 4.79 Å². The molecule has 0 bridgehead atoms. The largest absolute Gasteiger partial charge is 0.356 e. The van der Waals surface area contributed by atoms with Crippen molar-refractivity contribution in [3.05, 3.63) is 65.5 Å². The Labute approximate surface area is 143 Å². The molecule has 1 aliphatic rings. The molecule has 4 heteroatoms. The third-order valence-corrected chi connectivity index (χ3v) is 4.71. The van der Waals surface area contributed by atoms with E-state index >= 15 is 0 Å². The molecule has 1 fully saturated rings. The molecule has 0 spiro atoms. The Morgan fingerprint density at radius 1 is 1.25 bits per heavy atom. The lowest BCUT2D eigenvalue weighted by molar-refractivity contribution is -0.126. The molecule has 1 saturated heterocycles. The van der Waals surface area contributed by atoms with Crippen molar-refractivity contribution in [1.29, 1.82) is 0 Å². The quantitative estimate of drug-likeness (QED) is 0.859. The van der Waals surface area contributed by atoms with Crippen LogP contribution in [0.15, 0.2) is 48.8 Å². The van der Waals surface area contributed by atoms with Crippen molar-refractivity contribution in [2.45, 2.75) is 32.2 Å². The first kappa shape index (κ1) is 16.7. The molecule has 2 unspecified atom stereocenters. The monoisotopic (exact) mass is 323 g/mol. The minimum absolute atomic E-state index is 0.0489. The second-order valence-corrected chi connectivity index (χ2v) is 6.35. The van der Waals surface area contributed by atoms with E-state index < -0.39 is 0 Å². The lowest BCUT2D eigenvalue weighted by Crippen LogP contribution is -2.42. The van der Waals surface area contributed by atoms with E-state index in [1.807, 2.05) is 12.3 Å². The van der Waals surface area contributed by atoms with Crippen LogP contribution >= 0.6 is 0 Å². The zero-order chi connectivity index (χ0) is 16.8. The van der Waals surface area contributed by atoms with Crippen LogP contribution in [0, 0.1) is 5.92 Å². The van der Waals surface area contributed by atoms with E-state index in [1.54, 1.807) is 6.20 Å². The summed E-state index contributed by atoms with van der Waals surface area (Å²) in [5.41, 5.74) is 3.66. The maximum Gasteiger partial charge on any atom is 0.224 e. The number of carbonyl (C=O) groups excluding carboxylic acids is 1. The van der Waals surface area contributed by atoms with Gasteiger partial charge in [-0.1, -0.05) is 37.3 Å². The summed E-state index contributed by atoms with van der Waals surface area (Å²) in [6.07, 6.45) is 6.73. The summed E-state index contributed by atoms with van der Waals surface area (Å²) in [5.74, 6) is 0.216. The number of rotatable bonds is 6. The van der Waals surface area contributed by atoms with Gasteiger partial charge in [-0.2, -0.15) is 0 Å². The van der Waals surface area contributed by atoms with Gasteiger partial charge in [0.1, 0.15) is 0 Å². The van der Waals surface area contributed by atoms with Crippen LogP contribution in [0.2, 0.25) is 0 Å². The fourth-order valence-corrected chi connectivity index (χ4v) is 3.21. The van der Waals surface area contributed by atoms with E-state index in [2.05, 4.69) is 52.9 Å². The topological polar surface area (TPSA) is 54.0 Å². The summed E-state index contributed by atoms with van der Waals surface area (Å²) in [6, 6.07) is 12.8. The third kappa shape index (κ3) is 4.01. The average Bonchev–Trinajstić information content (AvgIpc) is 2.65. The van der Waals surface area contributed by atoms with Gasteiger partial charge in [-0.05, 0) is 42.0 Å². The molecular formula is C20H25N3O. The van der Waals surface area contributed by atoms with Gasteiger partial charge in [0.15, 0.2) is 0 Å². The van der Waals surface area contributed by atoms with Crippen molar-refractivity contribution in [3.8, 4) is 0 Å². The molecule has 0 saturated carbocycles. The molecule has 2 heterocycles. The molecule has 126 valence electrons. The van der Waals surface area contributed by atoms with E-state index in [0.717, 1.165) is 31.4 Å². The Morgan fingerprint density at radius 2 is 2.08 bits per heavy atom. The third-order valence-electron chi connectivity index (χ3n) is 4.71. The minimum Gasteiger partial charge on any atom is -0.356 e. The van der Waals surface area contributed by atoms with Crippen molar-refractivity contribution in [2.24, 2.45) is 5.92 Å². The van der Waals surface area contributed by atoms with Gasteiger partial charge in [-0.25, -0.2) is 0 Å². The second-order valence-electron chi connectivity index (χ2n) is 6.35. The van der Waals surface area contributed by atoms with E-state index in [4.69, 9.17) is 0 Å². The SMILES string of the molecule is CCc1ccc(C(NCC2CCCNC2=O)c2cccnc2)cc1. The van der Waals surface area contributed by atoms with Gasteiger partial charge in [0.05, 0.1) is 12.0 Å². The molecule has 1 amide bonds. The van der Waals surface area contributed by atoms with Crippen LogP contribution in [0.25, 0.3) is 0 Å². The first-order chi connectivity index (χ1) is 11.8. The summed E-state index contributed by atoms with van der Waals surface area (Å²) >= 11 is 0. The molecule has 1 aromatic heterocycles. The summed E-state index contributed by atoms with van der Waals surface area (Å²) in [6.45, 7) is 3.65. The first-order valence-electron chi connectivity index (χ1n) is 8.77. The molecule has 4 nitrogen and oxygen atoms in total. The Bertz CT molecular complexity index is 654. The summed E-state index contributed by atoms with van der Waals surface area (Å²) < 4.78 is 0. The zero-order valence-corrected chi connectivity index (χ0v) is 14.2. The van der Waals surface area contributed by atoms with Crippen LogP contribution in [-0.4, -0.2) is 24.0 Å². The lowest BCUT2D eigenvalue weighted by atomic mass is 9.95. The second kappa shape index (κ2) is 8.06. The maximum atomic E-state index is 12.0. The van der Waals surface area contributed by atoms with Gasteiger partial charge >= 0.3 is 0 Å². The van der Waals surface area contributed by atoms with Crippen molar-refractivity contribution in [1.82, 2.24) is 15.6 Å². The van der Waals surface area contributed by atoms with Crippen LogP contribution in [0.1, 0.15) is 42.5 Å². The number of hydrogen-bond donors (Lipinski definition) is 2. The van der Waals surface area contributed by atoms with Crippen molar-refractivity contribution >= 4 is 5.91 Å². The number of carbonyl (C=O) groups is 1. The number of amides is 1. The fraction of sp³-hybridized carbons (Fsp3) is 0.400. The average molecular weight is 323 g/mol. The molecular weight excluding hydrogens is 298 g/mol. The number of nitrogens with zero attached hydrogens (tertiary/aromatic N) is 1. The van der Waals surface area contributed by atoms with Crippen molar-refractivity contribution in [3.63, 3.8) is 0 Å². The lowest BCUT2D eigenvalue weighted by Gasteiger charge is -2.26.